The van der Waals surface area contributed by atoms with Gasteiger partial charge in [0.15, 0.2) is 0 Å². The van der Waals surface area contributed by atoms with E-state index in [1.807, 2.05) is 6.92 Å². The number of aryl methyl sites for hydroxylation is 1. The van der Waals surface area contributed by atoms with Gasteiger partial charge in [-0.3, -0.25) is 9.36 Å². The van der Waals surface area contributed by atoms with E-state index in [0.717, 1.165) is 12.0 Å². The molecular weight excluding hydrogens is 244 g/mol. The zero-order chi connectivity index (χ0) is 13.8. The number of nitrogens with zero attached hydrogens (tertiary/aromatic N) is 3. The van der Waals surface area contributed by atoms with E-state index in [9.17, 15) is 9.59 Å². The summed E-state index contributed by atoms with van der Waals surface area (Å²) < 4.78 is 2.73. The van der Waals surface area contributed by atoms with Crippen molar-refractivity contribution in [3.05, 3.63) is 57.0 Å². The molecule has 0 aromatic carbocycles. The highest BCUT2D eigenvalue weighted by molar-refractivity contribution is 5.29. The van der Waals surface area contributed by atoms with Gasteiger partial charge in [-0.25, -0.2) is 9.78 Å². The summed E-state index contributed by atoms with van der Waals surface area (Å²) in [5.74, 6) is 0.410. The molecule has 2 heterocycles. The Bertz CT molecular complexity index is 670. The third kappa shape index (κ3) is 2.90. The Morgan fingerprint density at radius 2 is 2.05 bits per heavy atom. The molecule has 2 aromatic heterocycles. The van der Waals surface area contributed by atoms with E-state index in [0.29, 0.717) is 12.4 Å². The number of pyridine rings is 1. The van der Waals surface area contributed by atoms with Crippen LogP contribution in [-0.4, -0.2) is 14.1 Å². The zero-order valence-corrected chi connectivity index (χ0v) is 10.7. The van der Waals surface area contributed by atoms with Crippen LogP contribution in [-0.2, 0) is 13.1 Å². The highest BCUT2D eigenvalue weighted by atomic mass is 16.2. The second-order valence-corrected chi connectivity index (χ2v) is 4.31. The fourth-order valence-corrected chi connectivity index (χ4v) is 1.83. The number of aromatic nitrogens is 3. The summed E-state index contributed by atoms with van der Waals surface area (Å²) in [5.41, 5.74) is 5.65. The van der Waals surface area contributed by atoms with Crippen molar-refractivity contribution in [3.63, 3.8) is 0 Å². The van der Waals surface area contributed by atoms with Crippen LogP contribution in [0.15, 0.2) is 40.2 Å². The molecule has 0 saturated carbocycles. The fraction of sp³-hybridized carbons (Fsp3) is 0.308. The highest BCUT2D eigenvalue weighted by Gasteiger charge is 2.05. The van der Waals surface area contributed by atoms with Crippen molar-refractivity contribution in [2.24, 2.45) is 0 Å². The molecule has 100 valence electrons. The van der Waals surface area contributed by atoms with E-state index in [2.05, 4.69) is 4.98 Å². The van der Waals surface area contributed by atoms with E-state index in [1.54, 1.807) is 18.3 Å². The van der Waals surface area contributed by atoms with Crippen LogP contribution in [0.3, 0.4) is 0 Å². The van der Waals surface area contributed by atoms with Gasteiger partial charge in [0.2, 0.25) is 0 Å². The lowest BCUT2D eigenvalue weighted by atomic mass is 10.3. The number of nitrogens with two attached hydrogens (primary N) is 1. The van der Waals surface area contributed by atoms with Gasteiger partial charge in [0, 0.05) is 25.0 Å². The van der Waals surface area contributed by atoms with Gasteiger partial charge in [0.1, 0.15) is 5.82 Å². The zero-order valence-electron chi connectivity index (χ0n) is 10.7. The predicted molar refractivity (Wildman–Crippen MR) is 73.0 cm³/mol. The van der Waals surface area contributed by atoms with Crippen molar-refractivity contribution < 1.29 is 0 Å². The quantitative estimate of drug-likeness (QED) is 0.865. The van der Waals surface area contributed by atoms with Crippen molar-refractivity contribution in [2.45, 2.75) is 26.4 Å². The monoisotopic (exact) mass is 260 g/mol. The minimum atomic E-state index is -0.311. The van der Waals surface area contributed by atoms with Crippen molar-refractivity contribution >= 4 is 5.82 Å². The number of rotatable bonds is 4. The lowest BCUT2D eigenvalue weighted by Gasteiger charge is -2.08. The Kier molecular flexibility index (Phi) is 3.79. The maximum atomic E-state index is 12.1. The van der Waals surface area contributed by atoms with Crippen LogP contribution in [0.5, 0.6) is 0 Å². The molecule has 0 amide bonds. The summed E-state index contributed by atoms with van der Waals surface area (Å²) in [6.07, 6.45) is 3.94. The molecule has 19 heavy (non-hydrogen) atoms. The first kappa shape index (κ1) is 13.1. The van der Waals surface area contributed by atoms with Gasteiger partial charge in [-0.05, 0) is 18.1 Å². The number of hydrogen-bond acceptors (Lipinski definition) is 4. The maximum Gasteiger partial charge on any atom is 0.331 e. The minimum Gasteiger partial charge on any atom is -0.384 e. The van der Waals surface area contributed by atoms with Crippen LogP contribution >= 0.6 is 0 Å². The first-order chi connectivity index (χ1) is 9.11. The normalized spacial score (nSPS) is 10.6. The molecule has 0 radical (unpaired) electrons. The first-order valence-corrected chi connectivity index (χ1v) is 6.12. The molecule has 0 aliphatic rings. The fourth-order valence-electron chi connectivity index (χ4n) is 1.83. The first-order valence-electron chi connectivity index (χ1n) is 6.12. The molecular formula is C13H16N4O2. The average molecular weight is 260 g/mol. The van der Waals surface area contributed by atoms with Gasteiger partial charge in [-0.1, -0.05) is 13.0 Å². The second-order valence-electron chi connectivity index (χ2n) is 4.31. The smallest absolute Gasteiger partial charge is 0.331 e. The van der Waals surface area contributed by atoms with E-state index in [-0.39, 0.29) is 17.8 Å². The van der Waals surface area contributed by atoms with Crippen LogP contribution in [0.1, 0.15) is 18.9 Å². The molecule has 0 saturated heterocycles. The number of hydrogen-bond donors (Lipinski definition) is 1. The van der Waals surface area contributed by atoms with Crippen molar-refractivity contribution in [1.29, 1.82) is 0 Å². The summed E-state index contributed by atoms with van der Waals surface area (Å²) in [7, 11) is 0. The maximum absolute atomic E-state index is 12.1. The summed E-state index contributed by atoms with van der Waals surface area (Å²) in [5, 5.41) is 0. The summed E-state index contributed by atoms with van der Waals surface area (Å²) in [4.78, 5) is 27.9. The molecule has 0 aliphatic carbocycles. The van der Waals surface area contributed by atoms with E-state index in [1.165, 1.54) is 21.4 Å². The molecule has 0 aliphatic heterocycles. The molecule has 0 bridgehead atoms. The van der Waals surface area contributed by atoms with Crippen LogP contribution in [0.25, 0.3) is 0 Å². The third-order valence-electron chi connectivity index (χ3n) is 2.79. The van der Waals surface area contributed by atoms with Gasteiger partial charge in [-0.15, -0.1) is 0 Å². The summed E-state index contributed by atoms with van der Waals surface area (Å²) >= 11 is 0. The third-order valence-corrected chi connectivity index (χ3v) is 2.79. The number of anilines is 1. The number of nitrogen functional groups attached to an aromatic ring is 1. The Morgan fingerprint density at radius 3 is 2.68 bits per heavy atom. The minimum absolute atomic E-state index is 0.204. The molecule has 0 spiro atoms. The highest BCUT2D eigenvalue weighted by Crippen LogP contribution is 2.01. The Balaban J connectivity index is 2.39. The topological polar surface area (TPSA) is 82.9 Å². The standard InChI is InChI=1S/C13H16N4O2/c1-2-6-16-7-5-12(18)17(13(16)19)9-10-3-4-11(14)15-8-10/h3-5,7-8H,2,6,9H2,1H3,(H2,14,15). The SMILES string of the molecule is CCCn1ccc(=O)n(Cc2ccc(N)nc2)c1=O. The van der Waals surface area contributed by atoms with Gasteiger partial charge < -0.3 is 10.3 Å². The van der Waals surface area contributed by atoms with Gasteiger partial charge in [0.05, 0.1) is 6.54 Å². The molecule has 2 aromatic rings. The van der Waals surface area contributed by atoms with Crippen LogP contribution in [0.2, 0.25) is 0 Å². The molecule has 2 N–H and O–H groups in total. The van der Waals surface area contributed by atoms with Gasteiger partial charge in [-0.2, -0.15) is 0 Å². The van der Waals surface area contributed by atoms with E-state index < -0.39 is 0 Å². The lowest BCUT2D eigenvalue weighted by Crippen LogP contribution is -2.39. The van der Waals surface area contributed by atoms with Crippen molar-refractivity contribution in [2.75, 3.05) is 5.73 Å². The van der Waals surface area contributed by atoms with Crippen LogP contribution in [0, 0.1) is 0 Å². The molecule has 6 heteroatoms. The molecule has 0 atom stereocenters. The molecule has 6 nitrogen and oxygen atoms in total. The molecule has 2 rings (SSSR count). The predicted octanol–water partition coefficient (Wildman–Crippen LogP) is 0.445. The van der Waals surface area contributed by atoms with Crippen molar-refractivity contribution in [1.82, 2.24) is 14.1 Å². The van der Waals surface area contributed by atoms with E-state index >= 15 is 0 Å². The van der Waals surface area contributed by atoms with E-state index in [4.69, 9.17) is 5.73 Å². The van der Waals surface area contributed by atoms with Crippen LogP contribution in [0.4, 0.5) is 5.82 Å². The lowest BCUT2D eigenvalue weighted by molar-refractivity contribution is 0.570. The average Bonchev–Trinajstić information content (AvgIpc) is 2.40. The van der Waals surface area contributed by atoms with Crippen molar-refractivity contribution in [3.8, 4) is 0 Å². The summed E-state index contributed by atoms with van der Waals surface area (Å²) in [6.45, 7) is 2.78. The molecule has 0 unspecified atom stereocenters. The Labute approximate surface area is 110 Å². The molecule has 0 fully saturated rings. The summed E-state index contributed by atoms with van der Waals surface area (Å²) in [6, 6.07) is 4.81. The van der Waals surface area contributed by atoms with Crippen LogP contribution < -0.4 is 17.0 Å². The van der Waals surface area contributed by atoms with Gasteiger partial charge in [0.25, 0.3) is 5.56 Å². The Hall–Kier alpha value is -2.37. The largest absolute Gasteiger partial charge is 0.384 e. The Morgan fingerprint density at radius 1 is 1.26 bits per heavy atom. The second kappa shape index (κ2) is 5.51. The van der Waals surface area contributed by atoms with Gasteiger partial charge >= 0.3 is 5.69 Å².